The van der Waals surface area contributed by atoms with E-state index in [0.717, 1.165) is 47.9 Å². The third-order valence-electron chi connectivity index (χ3n) is 4.15. The van der Waals surface area contributed by atoms with Gasteiger partial charge in [0.2, 0.25) is 11.8 Å². The number of aromatic nitrogens is 2. The van der Waals surface area contributed by atoms with Gasteiger partial charge in [0.1, 0.15) is 5.00 Å². The molecule has 0 bridgehead atoms. The molecule has 0 saturated carbocycles. The summed E-state index contributed by atoms with van der Waals surface area (Å²) in [6, 6.07) is 1.23. The second kappa shape index (κ2) is 9.24. The molecule has 2 heterocycles. The van der Waals surface area contributed by atoms with Gasteiger partial charge in [0, 0.05) is 4.88 Å². The lowest BCUT2D eigenvalue weighted by Gasteiger charge is -2.12. The highest BCUT2D eigenvalue weighted by molar-refractivity contribution is 7.99. The standard InChI is InChI=1S/C18H21N3O5S2/c1-3-26-17(24)15-10-6-4-5-7-11(10)28-16(15)19-13(23)9-27-18-20-12(22)8-14(21-18)25-2/h8H,3-7,9H2,1-2H3,(H,19,23)(H,20,21,22). The van der Waals surface area contributed by atoms with Crippen LogP contribution in [0.15, 0.2) is 16.0 Å². The largest absolute Gasteiger partial charge is 0.481 e. The Balaban J connectivity index is 1.73. The molecule has 1 aliphatic carbocycles. The number of aryl methyl sites for hydroxylation is 1. The van der Waals surface area contributed by atoms with Crippen LogP contribution < -0.4 is 15.6 Å². The smallest absolute Gasteiger partial charge is 0.341 e. The molecule has 0 radical (unpaired) electrons. The maximum Gasteiger partial charge on any atom is 0.341 e. The lowest BCUT2D eigenvalue weighted by molar-refractivity contribution is -0.113. The molecule has 0 fully saturated rings. The van der Waals surface area contributed by atoms with E-state index in [4.69, 9.17) is 9.47 Å². The van der Waals surface area contributed by atoms with Crippen molar-refractivity contribution in [1.29, 1.82) is 0 Å². The minimum atomic E-state index is -0.399. The molecule has 3 rings (SSSR count). The minimum absolute atomic E-state index is 0.0287. The van der Waals surface area contributed by atoms with Gasteiger partial charge in [-0.1, -0.05) is 11.8 Å². The minimum Gasteiger partial charge on any atom is -0.481 e. The van der Waals surface area contributed by atoms with Crippen LogP contribution in [0.4, 0.5) is 5.00 Å². The van der Waals surface area contributed by atoms with Crippen LogP contribution in [-0.2, 0) is 22.4 Å². The number of hydrogen-bond donors (Lipinski definition) is 2. The number of esters is 1. The van der Waals surface area contributed by atoms with Gasteiger partial charge in [0.15, 0.2) is 5.16 Å². The Morgan fingerprint density at radius 3 is 2.89 bits per heavy atom. The fourth-order valence-corrected chi connectivity index (χ4v) is 4.92. The van der Waals surface area contributed by atoms with Crippen molar-refractivity contribution in [2.75, 3.05) is 24.8 Å². The van der Waals surface area contributed by atoms with Gasteiger partial charge < -0.3 is 19.8 Å². The third-order valence-corrected chi connectivity index (χ3v) is 6.23. The van der Waals surface area contributed by atoms with Crippen molar-refractivity contribution in [1.82, 2.24) is 9.97 Å². The molecule has 0 aromatic carbocycles. The van der Waals surface area contributed by atoms with Crippen LogP contribution in [0.3, 0.4) is 0 Å². The number of carbonyl (C=O) groups is 2. The second-order valence-corrected chi connectivity index (χ2v) is 8.13. The van der Waals surface area contributed by atoms with Crippen molar-refractivity contribution in [3.63, 3.8) is 0 Å². The summed E-state index contributed by atoms with van der Waals surface area (Å²) in [5, 5.41) is 3.65. The molecule has 0 saturated heterocycles. The fraction of sp³-hybridized carbons (Fsp3) is 0.444. The normalized spacial score (nSPS) is 12.9. The number of hydrogen-bond acceptors (Lipinski definition) is 8. The number of rotatable bonds is 7. The quantitative estimate of drug-likeness (QED) is 0.400. The molecular formula is C18H21N3O5S2. The number of thiophene rings is 1. The molecular weight excluding hydrogens is 402 g/mol. The Bertz CT molecular complexity index is 938. The Labute approximate surface area is 170 Å². The van der Waals surface area contributed by atoms with Crippen LogP contribution in [0, 0.1) is 0 Å². The predicted molar refractivity (Wildman–Crippen MR) is 108 cm³/mol. The maximum absolute atomic E-state index is 12.4. The lowest BCUT2D eigenvalue weighted by Crippen LogP contribution is -2.17. The van der Waals surface area contributed by atoms with Crippen molar-refractivity contribution >= 4 is 40.0 Å². The molecule has 0 spiro atoms. The third kappa shape index (κ3) is 4.74. The predicted octanol–water partition coefficient (Wildman–Crippen LogP) is 2.63. The van der Waals surface area contributed by atoms with Gasteiger partial charge in [-0.25, -0.2) is 4.79 Å². The summed E-state index contributed by atoms with van der Waals surface area (Å²) in [4.78, 5) is 44.2. The van der Waals surface area contributed by atoms with Crippen LogP contribution in [-0.4, -0.2) is 41.3 Å². The van der Waals surface area contributed by atoms with Gasteiger partial charge in [-0.3, -0.25) is 9.59 Å². The number of aromatic amines is 1. The zero-order valence-corrected chi connectivity index (χ0v) is 17.3. The van der Waals surface area contributed by atoms with Crippen molar-refractivity contribution < 1.29 is 19.1 Å². The number of nitrogens with zero attached hydrogens (tertiary/aromatic N) is 1. The molecule has 10 heteroatoms. The Morgan fingerprint density at radius 1 is 1.36 bits per heavy atom. The Hall–Kier alpha value is -2.33. The van der Waals surface area contributed by atoms with E-state index in [1.54, 1.807) is 6.92 Å². The summed E-state index contributed by atoms with van der Waals surface area (Å²) in [6.45, 7) is 2.04. The summed E-state index contributed by atoms with van der Waals surface area (Å²) >= 11 is 2.52. The maximum atomic E-state index is 12.4. The zero-order chi connectivity index (χ0) is 20.1. The van der Waals surface area contributed by atoms with E-state index >= 15 is 0 Å². The van der Waals surface area contributed by atoms with Gasteiger partial charge in [0.05, 0.1) is 31.1 Å². The molecule has 0 aliphatic heterocycles. The molecule has 2 N–H and O–H groups in total. The average molecular weight is 424 g/mol. The first kappa shape index (κ1) is 20.4. The number of carbonyl (C=O) groups excluding carboxylic acids is 2. The van der Waals surface area contributed by atoms with E-state index in [1.165, 1.54) is 24.5 Å². The van der Waals surface area contributed by atoms with Crippen molar-refractivity contribution in [2.24, 2.45) is 0 Å². The van der Waals surface area contributed by atoms with Gasteiger partial charge in [-0.15, -0.1) is 11.3 Å². The molecule has 28 heavy (non-hydrogen) atoms. The molecule has 1 aliphatic rings. The summed E-state index contributed by atoms with van der Waals surface area (Å²) in [6.07, 6.45) is 3.83. The topological polar surface area (TPSA) is 110 Å². The summed E-state index contributed by atoms with van der Waals surface area (Å²) in [7, 11) is 1.42. The number of ether oxygens (including phenoxy) is 2. The number of H-pyrrole nitrogens is 1. The van der Waals surface area contributed by atoms with Crippen LogP contribution in [0.5, 0.6) is 5.88 Å². The average Bonchev–Trinajstić information content (AvgIpc) is 3.03. The molecule has 0 unspecified atom stereocenters. The monoisotopic (exact) mass is 423 g/mol. The Kier molecular flexibility index (Phi) is 6.74. The van der Waals surface area contributed by atoms with Crippen LogP contribution in [0.1, 0.15) is 40.6 Å². The van der Waals surface area contributed by atoms with E-state index in [1.807, 2.05) is 0 Å². The lowest BCUT2D eigenvalue weighted by atomic mass is 9.95. The number of thioether (sulfide) groups is 1. The van der Waals surface area contributed by atoms with Gasteiger partial charge in [-0.05, 0) is 38.2 Å². The molecule has 8 nitrogen and oxygen atoms in total. The highest BCUT2D eigenvalue weighted by atomic mass is 32.2. The van der Waals surface area contributed by atoms with Crippen LogP contribution in [0.2, 0.25) is 0 Å². The first-order valence-electron chi connectivity index (χ1n) is 8.91. The molecule has 2 aromatic heterocycles. The number of fused-ring (bicyclic) bond motifs is 1. The number of methoxy groups -OCH3 is 1. The molecule has 0 atom stereocenters. The van der Waals surface area contributed by atoms with Crippen molar-refractivity contribution in [3.8, 4) is 5.88 Å². The van der Waals surface area contributed by atoms with Gasteiger partial charge in [-0.2, -0.15) is 4.98 Å². The number of amides is 1. The second-order valence-electron chi connectivity index (χ2n) is 6.07. The van der Waals surface area contributed by atoms with E-state index < -0.39 is 5.97 Å². The Morgan fingerprint density at radius 2 is 2.14 bits per heavy atom. The van der Waals surface area contributed by atoms with E-state index in [2.05, 4.69) is 15.3 Å². The molecule has 1 amide bonds. The SMILES string of the molecule is CCOC(=O)c1c(NC(=O)CSc2nc(OC)cc(=O)[nH]2)sc2c1CCCC2. The first-order valence-corrected chi connectivity index (χ1v) is 10.7. The number of nitrogens with one attached hydrogen (secondary N) is 2. The van der Waals surface area contributed by atoms with Crippen molar-refractivity contribution in [3.05, 3.63) is 32.4 Å². The zero-order valence-electron chi connectivity index (χ0n) is 15.6. The summed E-state index contributed by atoms with van der Waals surface area (Å²) < 4.78 is 10.1. The summed E-state index contributed by atoms with van der Waals surface area (Å²) in [5.41, 5.74) is 1.12. The molecule has 150 valence electrons. The van der Waals surface area contributed by atoms with E-state index in [9.17, 15) is 14.4 Å². The van der Waals surface area contributed by atoms with Gasteiger partial charge in [0.25, 0.3) is 5.56 Å². The van der Waals surface area contributed by atoms with E-state index in [0.29, 0.717) is 10.6 Å². The van der Waals surface area contributed by atoms with Crippen LogP contribution in [0.25, 0.3) is 0 Å². The summed E-state index contributed by atoms with van der Waals surface area (Å²) in [5.74, 6) is -0.480. The highest BCUT2D eigenvalue weighted by Crippen LogP contribution is 2.38. The number of anilines is 1. The van der Waals surface area contributed by atoms with Crippen molar-refractivity contribution in [2.45, 2.75) is 37.8 Å². The van der Waals surface area contributed by atoms with E-state index in [-0.39, 0.29) is 34.9 Å². The molecule has 2 aromatic rings. The highest BCUT2D eigenvalue weighted by Gasteiger charge is 2.27. The van der Waals surface area contributed by atoms with Gasteiger partial charge >= 0.3 is 5.97 Å². The fourth-order valence-electron chi connectivity index (χ4n) is 2.96. The first-order chi connectivity index (χ1) is 13.5. The van der Waals surface area contributed by atoms with Crippen LogP contribution >= 0.6 is 23.1 Å².